The van der Waals surface area contributed by atoms with Crippen molar-refractivity contribution in [2.75, 3.05) is 13.2 Å². The number of ketones is 1. The molecule has 5 nitrogen and oxygen atoms in total. The van der Waals surface area contributed by atoms with Crippen molar-refractivity contribution < 1.29 is 19.1 Å². The molecular formula is C24H27Cl2NO4. The van der Waals surface area contributed by atoms with Crippen LogP contribution in [0.3, 0.4) is 0 Å². The third kappa shape index (κ3) is 4.55. The standard InChI is InChI=1S/C24H27Cl2NO4/c1-13-20(23(29)31-12-15-5-4-8-30-15)21(16-7-6-14(25)9-17(16)26)22-18(27-13)10-24(2,3)11-19(22)28/h6-7,9,15,21,27H,4-5,8,10-12H2,1-3H3. The van der Waals surface area contributed by atoms with Gasteiger partial charge >= 0.3 is 5.97 Å². The van der Waals surface area contributed by atoms with Gasteiger partial charge in [-0.05, 0) is 49.3 Å². The Morgan fingerprint density at radius 1 is 1.29 bits per heavy atom. The SMILES string of the molecule is CC1=C(C(=O)OCC2CCCO2)C(c2ccc(Cl)cc2Cl)C2=C(CC(C)(C)CC2=O)N1. The van der Waals surface area contributed by atoms with E-state index in [0.717, 1.165) is 18.5 Å². The lowest BCUT2D eigenvalue weighted by Crippen LogP contribution is -2.39. The summed E-state index contributed by atoms with van der Waals surface area (Å²) >= 11 is 12.7. The molecule has 2 unspecified atom stereocenters. The molecule has 1 saturated heterocycles. The molecule has 2 heterocycles. The van der Waals surface area contributed by atoms with Gasteiger partial charge in [0.2, 0.25) is 0 Å². The van der Waals surface area contributed by atoms with Crippen LogP contribution in [0.5, 0.6) is 0 Å². The minimum absolute atomic E-state index is 0.0201. The number of carbonyl (C=O) groups excluding carboxylic acids is 2. The summed E-state index contributed by atoms with van der Waals surface area (Å²) in [5, 5.41) is 4.25. The quantitative estimate of drug-likeness (QED) is 0.612. The number of hydrogen-bond donors (Lipinski definition) is 1. The lowest BCUT2D eigenvalue weighted by Gasteiger charge is -2.39. The van der Waals surface area contributed by atoms with Gasteiger partial charge in [-0.25, -0.2) is 4.79 Å². The van der Waals surface area contributed by atoms with Gasteiger partial charge in [0.1, 0.15) is 6.61 Å². The van der Waals surface area contributed by atoms with Gasteiger partial charge in [-0.15, -0.1) is 0 Å². The Balaban J connectivity index is 1.75. The van der Waals surface area contributed by atoms with Crippen LogP contribution >= 0.6 is 23.2 Å². The molecule has 3 aliphatic rings. The first-order valence-corrected chi connectivity index (χ1v) is 11.4. The molecule has 2 atom stereocenters. The average molecular weight is 464 g/mol. The summed E-state index contributed by atoms with van der Waals surface area (Å²) in [5.74, 6) is -1.03. The van der Waals surface area contributed by atoms with Crippen molar-refractivity contribution in [2.45, 2.75) is 58.5 Å². The van der Waals surface area contributed by atoms with E-state index in [1.54, 1.807) is 18.2 Å². The summed E-state index contributed by atoms with van der Waals surface area (Å²) in [7, 11) is 0. The monoisotopic (exact) mass is 463 g/mol. The van der Waals surface area contributed by atoms with Crippen molar-refractivity contribution in [3.05, 3.63) is 56.3 Å². The number of halogens is 2. The van der Waals surface area contributed by atoms with Crippen LogP contribution in [0.25, 0.3) is 0 Å². The minimum atomic E-state index is -0.596. The van der Waals surface area contributed by atoms with Gasteiger partial charge in [0.15, 0.2) is 5.78 Å². The van der Waals surface area contributed by atoms with Gasteiger partial charge < -0.3 is 14.8 Å². The molecule has 166 valence electrons. The molecule has 0 spiro atoms. The fourth-order valence-electron chi connectivity index (χ4n) is 4.78. The topological polar surface area (TPSA) is 64.6 Å². The molecule has 0 saturated carbocycles. The van der Waals surface area contributed by atoms with Crippen LogP contribution < -0.4 is 5.32 Å². The summed E-state index contributed by atoms with van der Waals surface area (Å²) < 4.78 is 11.2. The van der Waals surface area contributed by atoms with Gasteiger partial charge in [0.05, 0.1) is 11.7 Å². The maximum atomic E-state index is 13.3. The molecule has 1 N–H and O–H groups in total. The molecule has 0 radical (unpaired) electrons. The van der Waals surface area contributed by atoms with E-state index in [4.69, 9.17) is 32.7 Å². The predicted molar refractivity (Wildman–Crippen MR) is 120 cm³/mol. The first-order valence-electron chi connectivity index (χ1n) is 10.6. The lowest BCUT2D eigenvalue weighted by atomic mass is 9.68. The molecule has 2 aliphatic heterocycles. The average Bonchev–Trinajstić information content (AvgIpc) is 3.17. The summed E-state index contributed by atoms with van der Waals surface area (Å²) in [4.78, 5) is 26.5. The Morgan fingerprint density at radius 2 is 2.06 bits per heavy atom. The zero-order valence-electron chi connectivity index (χ0n) is 18.0. The number of hydrogen-bond acceptors (Lipinski definition) is 5. The van der Waals surface area contributed by atoms with Crippen LogP contribution in [0, 0.1) is 5.41 Å². The van der Waals surface area contributed by atoms with Crippen molar-refractivity contribution in [1.82, 2.24) is 5.32 Å². The molecule has 7 heteroatoms. The molecule has 0 aromatic heterocycles. The third-order valence-corrected chi connectivity index (χ3v) is 6.72. The predicted octanol–water partition coefficient (Wildman–Crippen LogP) is 5.32. The lowest BCUT2D eigenvalue weighted by molar-refractivity contribution is -0.142. The number of ether oxygens (including phenoxy) is 2. The van der Waals surface area contributed by atoms with E-state index in [0.29, 0.717) is 51.9 Å². The van der Waals surface area contributed by atoms with Gasteiger partial charge in [-0.1, -0.05) is 43.1 Å². The molecular weight excluding hydrogens is 437 g/mol. The van der Waals surface area contributed by atoms with E-state index in [1.807, 2.05) is 6.92 Å². The summed E-state index contributed by atoms with van der Waals surface area (Å²) in [5.41, 5.74) is 3.06. The first kappa shape index (κ1) is 22.4. The second-order valence-corrected chi connectivity index (χ2v) is 10.2. The highest BCUT2D eigenvalue weighted by atomic mass is 35.5. The fourth-order valence-corrected chi connectivity index (χ4v) is 5.29. The van der Waals surface area contributed by atoms with E-state index >= 15 is 0 Å². The van der Waals surface area contributed by atoms with Crippen LogP contribution in [-0.2, 0) is 19.1 Å². The Bertz CT molecular complexity index is 989. The van der Waals surface area contributed by atoms with Crippen molar-refractivity contribution in [3.63, 3.8) is 0 Å². The van der Waals surface area contributed by atoms with E-state index in [1.165, 1.54) is 0 Å². The van der Waals surface area contributed by atoms with E-state index < -0.39 is 11.9 Å². The van der Waals surface area contributed by atoms with Crippen molar-refractivity contribution in [2.24, 2.45) is 5.41 Å². The smallest absolute Gasteiger partial charge is 0.336 e. The molecule has 4 rings (SSSR count). The fraction of sp³-hybridized carbons (Fsp3) is 0.500. The zero-order chi connectivity index (χ0) is 22.3. The number of Topliss-reactive ketones (excluding diaryl/α,β-unsaturated/α-hetero) is 1. The molecule has 31 heavy (non-hydrogen) atoms. The summed E-state index contributed by atoms with van der Waals surface area (Å²) in [6.45, 7) is 6.88. The van der Waals surface area contributed by atoms with Crippen molar-refractivity contribution in [3.8, 4) is 0 Å². The van der Waals surface area contributed by atoms with Crippen molar-refractivity contribution in [1.29, 1.82) is 0 Å². The van der Waals surface area contributed by atoms with Crippen molar-refractivity contribution >= 4 is 35.0 Å². The van der Waals surface area contributed by atoms with Gasteiger partial charge in [0.25, 0.3) is 0 Å². The second kappa shape index (κ2) is 8.61. The Hall–Kier alpha value is -1.82. The number of rotatable bonds is 4. The Morgan fingerprint density at radius 3 is 2.74 bits per heavy atom. The van der Waals surface area contributed by atoms with E-state index in [-0.39, 0.29) is 23.9 Å². The number of dihydropyridines is 1. The number of benzene rings is 1. The number of carbonyl (C=O) groups is 2. The minimum Gasteiger partial charge on any atom is -0.459 e. The summed E-state index contributed by atoms with van der Waals surface area (Å²) in [6, 6.07) is 5.16. The van der Waals surface area contributed by atoms with Crippen LogP contribution in [0.4, 0.5) is 0 Å². The third-order valence-electron chi connectivity index (χ3n) is 6.16. The molecule has 1 aromatic carbocycles. The normalized spacial score (nSPS) is 25.4. The van der Waals surface area contributed by atoms with Crippen LogP contribution in [-0.4, -0.2) is 31.1 Å². The first-order chi connectivity index (χ1) is 14.7. The van der Waals surface area contributed by atoms with Gasteiger partial charge in [0, 0.05) is 46.0 Å². The van der Waals surface area contributed by atoms with Crippen LogP contribution in [0.2, 0.25) is 10.0 Å². The van der Waals surface area contributed by atoms with Gasteiger partial charge in [-0.3, -0.25) is 4.79 Å². The maximum Gasteiger partial charge on any atom is 0.336 e. The molecule has 0 bridgehead atoms. The van der Waals surface area contributed by atoms with Crippen LogP contribution in [0.1, 0.15) is 57.9 Å². The van der Waals surface area contributed by atoms with Gasteiger partial charge in [-0.2, -0.15) is 0 Å². The highest BCUT2D eigenvalue weighted by Gasteiger charge is 2.43. The Labute approximate surface area is 192 Å². The molecule has 1 aromatic rings. The maximum absolute atomic E-state index is 13.3. The largest absolute Gasteiger partial charge is 0.459 e. The Kier molecular flexibility index (Phi) is 6.21. The number of allylic oxidation sites excluding steroid dienone is 3. The van der Waals surface area contributed by atoms with E-state index in [2.05, 4.69) is 19.2 Å². The zero-order valence-corrected chi connectivity index (χ0v) is 19.5. The summed E-state index contributed by atoms with van der Waals surface area (Å²) in [6.07, 6.45) is 2.89. The van der Waals surface area contributed by atoms with E-state index in [9.17, 15) is 9.59 Å². The highest BCUT2D eigenvalue weighted by molar-refractivity contribution is 6.35. The number of nitrogens with one attached hydrogen (secondary N) is 1. The molecule has 0 amide bonds. The van der Waals surface area contributed by atoms with Crippen LogP contribution in [0.15, 0.2) is 40.7 Å². The molecule has 1 aliphatic carbocycles. The highest BCUT2D eigenvalue weighted by Crippen LogP contribution is 2.48. The molecule has 1 fully saturated rings. The number of esters is 1. The second-order valence-electron chi connectivity index (χ2n) is 9.33.